The molecule has 0 bridgehead atoms. The molecule has 24 heavy (non-hydrogen) atoms. The van der Waals surface area contributed by atoms with Gasteiger partial charge in [-0.15, -0.1) is 0 Å². The first-order valence-electron chi connectivity index (χ1n) is 7.31. The van der Waals surface area contributed by atoms with E-state index >= 15 is 0 Å². The number of hydrogen-bond donors (Lipinski definition) is 2. The van der Waals surface area contributed by atoms with Crippen LogP contribution in [0.25, 0.3) is 11.2 Å². The number of para-hydroxylation sites is 2. The Hall–Kier alpha value is -2.25. The lowest BCUT2D eigenvalue weighted by molar-refractivity contribution is -0.113. The Morgan fingerprint density at radius 2 is 2.25 bits per heavy atom. The Morgan fingerprint density at radius 1 is 1.42 bits per heavy atom. The summed E-state index contributed by atoms with van der Waals surface area (Å²) in [5.74, 6) is 0.730. The average Bonchev–Trinajstić information content (AvgIpc) is 2.97. The molecule has 0 radical (unpaired) electrons. The Morgan fingerprint density at radius 3 is 3.08 bits per heavy atom. The van der Waals surface area contributed by atoms with Crippen LogP contribution in [-0.4, -0.2) is 33.2 Å². The maximum atomic E-state index is 12.1. The summed E-state index contributed by atoms with van der Waals surface area (Å²) in [6.07, 6.45) is 1.54. The van der Waals surface area contributed by atoms with E-state index in [1.54, 1.807) is 12.1 Å². The van der Waals surface area contributed by atoms with E-state index < -0.39 is 0 Å². The number of halogens is 1. The van der Waals surface area contributed by atoms with E-state index in [9.17, 15) is 4.79 Å². The normalized spacial score (nSPS) is 10.8. The molecule has 6 nitrogen and oxygen atoms in total. The zero-order valence-electron chi connectivity index (χ0n) is 12.9. The molecule has 1 aromatic carbocycles. The topological polar surface area (TPSA) is 79.9 Å². The van der Waals surface area contributed by atoms with E-state index in [1.807, 2.05) is 25.1 Å². The van der Waals surface area contributed by atoms with Gasteiger partial charge >= 0.3 is 0 Å². The number of hydrogen-bond acceptors (Lipinski definition) is 5. The SMILES string of the molecule is CCOc1ccccc1NC(=O)CSc1nc2ncc(Cl)cc2[nH]1. The fraction of sp³-hybridized carbons (Fsp3) is 0.188. The smallest absolute Gasteiger partial charge is 0.234 e. The molecule has 0 unspecified atom stereocenters. The number of rotatable bonds is 6. The highest BCUT2D eigenvalue weighted by Crippen LogP contribution is 2.25. The van der Waals surface area contributed by atoms with Gasteiger partial charge in [0.2, 0.25) is 5.91 Å². The van der Waals surface area contributed by atoms with Gasteiger partial charge in [-0.2, -0.15) is 0 Å². The first kappa shape index (κ1) is 16.6. The predicted molar refractivity (Wildman–Crippen MR) is 95.9 cm³/mol. The van der Waals surface area contributed by atoms with Crippen molar-refractivity contribution >= 4 is 46.1 Å². The van der Waals surface area contributed by atoms with Gasteiger partial charge in [0.15, 0.2) is 10.8 Å². The second kappa shape index (κ2) is 7.55. The molecule has 3 aromatic rings. The van der Waals surface area contributed by atoms with Gasteiger partial charge in [0.05, 0.1) is 28.6 Å². The number of H-pyrrole nitrogens is 1. The first-order valence-corrected chi connectivity index (χ1v) is 8.68. The third-order valence-electron chi connectivity index (χ3n) is 3.08. The minimum absolute atomic E-state index is 0.140. The van der Waals surface area contributed by atoms with Crippen LogP contribution in [0.1, 0.15) is 6.92 Å². The highest BCUT2D eigenvalue weighted by Gasteiger charge is 2.10. The van der Waals surface area contributed by atoms with Crippen LogP contribution in [0.5, 0.6) is 5.75 Å². The lowest BCUT2D eigenvalue weighted by Crippen LogP contribution is -2.15. The quantitative estimate of drug-likeness (QED) is 0.653. The molecular weight excluding hydrogens is 348 g/mol. The fourth-order valence-corrected chi connectivity index (χ4v) is 2.92. The number of aromatic nitrogens is 3. The number of ether oxygens (including phenoxy) is 1. The van der Waals surface area contributed by atoms with Crippen molar-refractivity contribution in [1.29, 1.82) is 0 Å². The summed E-state index contributed by atoms with van der Waals surface area (Å²) >= 11 is 7.19. The van der Waals surface area contributed by atoms with E-state index in [0.29, 0.717) is 33.9 Å². The molecule has 0 aliphatic heterocycles. The number of imidazole rings is 1. The highest BCUT2D eigenvalue weighted by molar-refractivity contribution is 7.99. The standard InChI is InChI=1S/C16H15ClN4O2S/c1-2-23-13-6-4-3-5-11(13)19-14(22)9-24-16-20-12-7-10(17)8-18-15(12)21-16/h3-8H,2,9H2,1H3,(H,19,22)(H,18,20,21). The third-order valence-corrected chi connectivity index (χ3v) is 4.16. The van der Waals surface area contributed by atoms with E-state index in [1.165, 1.54) is 18.0 Å². The summed E-state index contributed by atoms with van der Waals surface area (Å²) in [6.45, 7) is 2.44. The van der Waals surface area contributed by atoms with E-state index in [2.05, 4.69) is 20.3 Å². The summed E-state index contributed by atoms with van der Waals surface area (Å²) < 4.78 is 5.49. The number of aromatic amines is 1. The van der Waals surface area contributed by atoms with Gasteiger partial charge < -0.3 is 15.0 Å². The molecule has 2 aromatic heterocycles. The number of benzene rings is 1. The maximum absolute atomic E-state index is 12.1. The van der Waals surface area contributed by atoms with Gasteiger partial charge in [0.25, 0.3) is 0 Å². The minimum atomic E-state index is -0.140. The number of carbonyl (C=O) groups is 1. The molecule has 0 atom stereocenters. The highest BCUT2D eigenvalue weighted by atomic mass is 35.5. The second-order valence-corrected chi connectivity index (χ2v) is 6.23. The molecule has 0 aliphatic carbocycles. The summed E-state index contributed by atoms with van der Waals surface area (Å²) in [6, 6.07) is 9.09. The van der Waals surface area contributed by atoms with Crippen LogP contribution in [-0.2, 0) is 4.79 Å². The van der Waals surface area contributed by atoms with Crippen molar-refractivity contribution in [2.24, 2.45) is 0 Å². The molecule has 124 valence electrons. The van der Waals surface area contributed by atoms with Gasteiger partial charge in [-0.05, 0) is 25.1 Å². The van der Waals surface area contributed by atoms with Crippen LogP contribution >= 0.6 is 23.4 Å². The Kier molecular flexibility index (Phi) is 5.22. The summed E-state index contributed by atoms with van der Waals surface area (Å²) in [4.78, 5) is 23.7. The molecule has 1 amide bonds. The fourth-order valence-electron chi connectivity index (χ4n) is 2.09. The molecule has 0 fully saturated rings. The number of pyridine rings is 1. The number of thioether (sulfide) groups is 1. The number of nitrogens with zero attached hydrogens (tertiary/aromatic N) is 2. The lowest BCUT2D eigenvalue weighted by Gasteiger charge is -2.10. The van der Waals surface area contributed by atoms with Crippen LogP contribution in [0.15, 0.2) is 41.7 Å². The van der Waals surface area contributed by atoms with Crippen LogP contribution < -0.4 is 10.1 Å². The van der Waals surface area contributed by atoms with Crippen LogP contribution in [0.2, 0.25) is 5.02 Å². The van der Waals surface area contributed by atoms with Gasteiger partial charge in [0, 0.05) is 6.20 Å². The maximum Gasteiger partial charge on any atom is 0.234 e. The zero-order valence-corrected chi connectivity index (χ0v) is 14.4. The molecule has 0 spiro atoms. The van der Waals surface area contributed by atoms with E-state index in [-0.39, 0.29) is 11.7 Å². The molecule has 3 rings (SSSR count). The van der Waals surface area contributed by atoms with Crippen molar-refractivity contribution in [3.8, 4) is 5.75 Å². The van der Waals surface area contributed by atoms with Crippen molar-refractivity contribution in [3.63, 3.8) is 0 Å². The van der Waals surface area contributed by atoms with Crippen LogP contribution in [0.4, 0.5) is 5.69 Å². The van der Waals surface area contributed by atoms with E-state index in [0.717, 1.165) is 5.52 Å². The summed E-state index contributed by atoms with van der Waals surface area (Å²) in [7, 11) is 0. The van der Waals surface area contributed by atoms with Crippen molar-refractivity contribution in [2.45, 2.75) is 12.1 Å². The van der Waals surface area contributed by atoms with Crippen molar-refractivity contribution < 1.29 is 9.53 Å². The number of amides is 1. The monoisotopic (exact) mass is 362 g/mol. The van der Waals surface area contributed by atoms with Crippen molar-refractivity contribution in [2.75, 3.05) is 17.7 Å². The average molecular weight is 363 g/mol. The second-order valence-electron chi connectivity index (χ2n) is 4.83. The van der Waals surface area contributed by atoms with Crippen molar-refractivity contribution in [3.05, 3.63) is 41.6 Å². The number of carbonyl (C=O) groups excluding carboxylic acids is 1. The van der Waals surface area contributed by atoms with Crippen LogP contribution in [0.3, 0.4) is 0 Å². The van der Waals surface area contributed by atoms with Gasteiger partial charge in [-0.1, -0.05) is 35.5 Å². The molecular formula is C16H15ClN4O2S. The Balaban J connectivity index is 1.62. The van der Waals surface area contributed by atoms with Gasteiger partial charge in [-0.25, -0.2) is 9.97 Å². The number of anilines is 1. The predicted octanol–water partition coefficient (Wildman–Crippen LogP) is 3.74. The summed E-state index contributed by atoms with van der Waals surface area (Å²) in [5.41, 5.74) is 1.97. The minimum Gasteiger partial charge on any atom is -0.492 e. The third kappa shape index (κ3) is 3.98. The molecule has 0 aliphatic rings. The van der Waals surface area contributed by atoms with Gasteiger partial charge in [-0.3, -0.25) is 4.79 Å². The molecule has 8 heteroatoms. The largest absolute Gasteiger partial charge is 0.492 e. The first-order chi connectivity index (χ1) is 11.7. The van der Waals surface area contributed by atoms with E-state index in [4.69, 9.17) is 16.3 Å². The number of fused-ring (bicyclic) bond motifs is 1. The molecule has 2 N–H and O–H groups in total. The summed E-state index contributed by atoms with van der Waals surface area (Å²) in [5, 5.41) is 4.00. The molecule has 0 saturated heterocycles. The lowest BCUT2D eigenvalue weighted by atomic mass is 10.3. The van der Waals surface area contributed by atoms with Crippen molar-refractivity contribution in [1.82, 2.24) is 15.0 Å². The Labute approximate surface area is 148 Å². The molecule has 2 heterocycles. The number of nitrogens with one attached hydrogen (secondary N) is 2. The molecule has 0 saturated carbocycles. The van der Waals surface area contributed by atoms with Crippen LogP contribution in [0, 0.1) is 0 Å². The Bertz CT molecular complexity index is 868. The zero-order chi connectivity index (χ0) is 16.9. The van der Waals surface area contributed by atoms with Gasteiger partial charge in [0.1, 0.15) is 5.75 Å².